The van der Waals surface area contributed by atoms with Crippen LogP contribution in [0.25, 0.3) is 0 Å². The average Bonchev–Trinajstić information content (AvgIpc) is 2.10. The standard InChI is InChI=1S/C8H5Br2FO2/c1-13-8(12)5-2-4(9)3-6(10)7(5)11/h2-3H,1H3. The molecule has 0 spiro atoms. The summed E-state index contributed by atoms with van der Waals surface area (Å²) >= 11 is 6.12. The van der Waals surface area contributed by atoms with Crippen LogP contribution in [0.4, 0.5) is 4.39 Å². The summed E-state index contributed by atoms with van der Waals surface area (Å²) in [5.41, 5.74) is -0.0937. The highest BCUT2D eigenvalue weighted by molar-refractivity contribution is 9.11. The zero-order chi connectivity index (χ0) is 10.0. The Bertz CT molecular complexity index is 352. The van der Waals surface area contributed by atoms with E-state index in [1.165, 1.54) is 19.2 Å². The number of carbonyl (C=O) groups excluding carboxylic acids is 1. The van der Waals surface area contributed by atoms with Gasteiger partial charge in [0.2, 0.25) is 0 Å². The van der Waals surface area contributed by atoms with E-state index < -0.39 is 11.8 Å². The highest BCUT2D eigenvalue weighted by Gasteiger charge is 2.15. The summed E-state index contributed by atoms with van der Waals surface area (Å²) in [5, 5.41) is 0. The van der Waals surface area contributed by atoms with E-state index in [2.05, 4.69) is 36.6 Å². The molecule has 0 aliphatic rings. The van der Waals surface area contributed by atoms with Crippen molar-refractivity contribution in [1.29, 1.82) is 0 Å². The minimum Gasteiger partial charge on any atom is -0.465 e. The maximum absolute atomic E-state index is 13.3. The Morgan fingerprint density at radius 1 is 1.46 bits per heavy atom. The normalized spacial score (nSPS) is 9.85. The summed E-state index contributed by atoms with van der Waals surface area (Å²) in [6.07, 6.45) is 0. The van der Waals surface area contributed by atoms with Crippen LogP contribution in [0.3, 0.4) is 0 Å². The van der Waals surface area contributed by atoms with Gasteiger partial charge in [-0.15, -0.1) is 0 Å². The SMILES string of the molecule is COC(=O)c1cc(Br)cc(Br)c1F. The van der Waals surface area contributed by atoms with E-state index in [4.69, 9.17) is 0 Å². The third-order valence-electron chi connectivity index (χ3n) is 1.40. The zero-order valence-electron chi connectivity index (χ0n) is 6.61. The van der Waals surface area contributed by atoms with Crippen LogP contribution in [0.2, 0.25) is 0 Å². The van der Waals surface area contributed by atoms with Gasteiger partial charge in [0.05, 0.1) is 17.1 Å². The second-order valence-electron chi connectivity index (χ2n) is 2.24. The van der Waals surface area contributed by atoms with Crippen molar-refractivity contribution in [2.24, 2.45) is 0 Å². The summed E-state index contributed by atoms with van der Waals surface area (Å²) < 4.78 is 18.5. The molecule has 0 aliphatic heterocycles. The number of carbonyl (C=O) groups is 1. The zero-order valence-corrected chi connectivity index (χ0v) is 9.78. The van der Waals surface area contributed by atoms with Crippen molar-refractivity contribution in [2.45, 2.75) is 0 Å². The van der Waals surface area contributed by atoms with Crippen molar-refractivity contribution in [1.82, 2.24) is 0 Å². The van der Waals surface area contributed by atoms with Crippen LogP contribution in [0, 0.1) is 5.82 Å². The maximum atomic E-state index is 13.3. The molecule has 0 atom stereocenters. The molecule has 0 N–H and O–H groups in total. The van der Waals surface area contributed by atoms with E-state index in [1.54, 1.807) is 0 Å². The van der Waals surface area contributed by atoms with Gasteiger partial charge in [-0.1, -0.05) is 15.9 Å². The van der Waals surface area contributed by atoms with Gasteiger partial charge in [0.1, 0.15) is 0 Å². The van der Waals surface area contributed by atoms with Crippen LogP contribution in [0.15, 0.2) is 21.1 Å². The van der Waals surface area contributed by atoms with Crippen LogP contribution in [0.1, 0.15) is 10.4 Å². The molecule has 1 aromatic carbocycles. The number of hydrogen-bond acceptors (Lipinski definition) is 2. The van der Waals surface area contributed by atoms with Crippen LogP contribution < -0.4 is 0 Å². The van der Waals surface area contributed by atoms with Crippen molar-refractivity contribution in [3.63, 3.8) is 0 Å². The van der Waals surface area contributed by atoms with E-state index in [1.807, 2.05) is 0 Å². The Morgan fingerprint density at radius 2 is 2.08 bits per heavy atom. The fourth-order valence-corrected chi connectivity index (χ4v) is 2.04. The Labute approximate surface area is 91.3 Å². The highest BCUT2D eigenvalue weighted by Crippen LogP contribution is 2.24. The first kappa shape index (κ1) is 10.7. The molecule has 70 valence electrons. The molecule has 5 heteroatoms. The molecule has 0 aliphatic carbocycles. The van der Waals surface area contributed by atoms with Crippen molar-refractivity contribution >= 4 is 37.8 Å². The third kappa shape index (κ3) is 2.28. The van der Waals surface area contributed by atoms with E-state index in [-0.39, 0.29) is 10.0 Å². The topological polar surface area (TPSA) is 26.3 Å². The smallest absolute Gasteiger partial charge is 0.340 e. The Balaban J connectivity index is 3.28. The number of ether oxygens (including phenoxy) is 1. The van der Waals surface area contributed by atoms with Gasteiger partial charge in [0, 0.05) is 4.47 Å². The van der Waals surface area contributed by atoms with Crippen LogP contribution in [0.5, 0.6) is 0 Å². The van der Waals surface area contributed by atoms with Crippen molar-refractivity contribution in [3.8, 4) is 0 Å². The molecule has 0 heterocycles. The van der Waals surface area contributed by atoms with Crippen molar-refractivity contribution in [2.75, 3.05) is 7.11 Å². The number of rotatable bonds is 1. The van der Waals surface area contributed by atoms with Crippen molar-refractivity contribution < 1.29 is 13.9 Å². The van der Waals surface area contributed by atoms with Gasteiger partial charge in [0.15, 0.2) is 5.82 Å². The number of hydrogen-bond donors (Lipinski definition) is 0. The van der Waals surface area contributed by atoms with Gasteiger partial charge in [-0.25, -0.2) is 9.18 Å². The first-order valence-electron chi connectivity index (χ1n) is 3.29. The molecule has 0 aromatic heterocycles. The molecule has 0 saturated carbocycles. The van der Waals surface area contributed by atoms with Crippen LogP contribution >= 0.6 is 31.9 Å². The summed E-state index contributed by atoms with van der Waals surface area (Å²) in [5.74, 6) is -1.31. The van der Waals surface area contributed by atoms with Crippen LogP contribution in [-0.2, 0) is 4.74 Å². The number of esters is 1. The molecule has 0 radical (unpaired) electrons. The lowest BCUT2D eigenvalue weighted by Crippen LogP contribution is -2.04. The summed E-state index contributed by atoms with van der Waals surface area (Å²) in [6.45, 7) is 0. The Morgan fingerprint density at radius 3 is 2.62 bits per heavy atom. The number of methoxy groups -OCH3 is 1. The highest BCUT2D eigenvalue weighted by atomic mass is 79.9. The predicted octanol–water partition coefficient (Wildman–Crippen LogP) is 3.14. The molecule has 0 fully saturated rings. The first-order chi connectivity index (χ1) is 6.06. The average molecular weight is 312 g/mol. The quantitative estimate of drug-likeness (QED) is 0.588. The number of halogens is 3. The van der Waals surface area contributed by atoms with Gasteiger partial charge < -0.3 is 4.74 Å². The molecule has 1 rings (SSSR count). The summed E-state index contributed by atoms with van der Waals surface area (Å²) in [6, 6.07) is 2.88. The molecule has 13 heavy (non-hydrogen) atoms. The second-order valence-corrected chi connectivity index (χ2v) is 4.01. The first-order valence-corrected chi connectivity index (χ1v) is 4.87. The van der Waals surface area contributed by atoms with E-state index >= 15 is 0 Å². The van der Waals surface area contributed by atoms with Gasteiger partial charge in [-0.05, 0) is 28.1 Å². The minimum atomic E-state index is -0.695. The molecule has 2 nitrogen and oxygen atoms in total. The minimum absolute atomic E-state index is 0.0937. The second kappa shape index (κ2) is 4.19. The van der Waals surface area contributed by atoms with Crippen LogP contribution in [-0.4, -0.2) is 13.1 Å². The Hall–Kier alpha value is -0.420. The molecule has 0 unspecified atom stereocenters. The summed E-state index contributed by atoms with van der Waals surface area (Å²) in [7, 11) is 1.20. The lowest BCUT2D eigenvalue weighted by molar-refractivity contribution is 0.0595. The lowest BCUT2D eigenvalue weighted by Gasteiger charge is -2.03. The molecule has 1 aromatic rings. The molecule has 0 bridgehead atoms. The summed E-state index contributed by atoms with van der Waals surface area (Å²) in [4.78, 5) is 11.0. The van der Waals surface area contributed by atoms with E-state index in [0.717, 1.165) is 0 Å². The Kier molecular flexibility index (Phi) is 3.44. The van der Waals surface area contributed by atoms with Crippen molar-refractivity contribution in [3.05, 3.63) is 32.5 Å². The van der Waals surface area contributed by atoms with Gasteiger partial charge in [-0.3, -0.25) is 0 Å². The van der Waals surface area contributed by atoms with Gasteiger partial charge >= 0.3 is 5.97 Å². The largest absolute Gasteiger partial charge is 0.465 e. The van der Waals surface area contributed by atoms with Gasteiger partial charge in [-0.2, -0.15) is 0 Å². The van der Waals surface area contributed by atoms with Gasteiger partial charge in [0.25, 0.3) is 0 Å². The molecule has 0 amide bonds. The monoisotopic (exact) mass is 310 g/mol. The third-order valence-corrected chi connectivity index (χ3v) is 2.43. The number of benzene rings is 1. The molecular formula is C8H5Br2FO2. The maximum Gasteiger partial charge on any atom is 0.340 e. The predicted molar refractivity (Wildman–Crippen MR) is 53.1 cm³/mol. The molecular weight excluding hydrogens is 307 g/mol. The van der Waals surface area contributed by atoms with E-state index in [9.17, 15) is 9.18 Å². The van der Waals surface area contributed by atoms with E-state index in [0.29, 0.717) is 4.47 Å². The fraction of sp³-hybridized carbons (Fsp3) is 0.125. The fourth-order valence-electron chi connectivity index (χ4n) is 0.814. The molecule has 0 saturated heterocycles. The lowest BCUT2D eigenvalue weighted by atomic mass is 10.2.